The molecule has 0 saturated carbocycles. The number of ether oxygens (including phenoxy) is 1. The predicted molar refractivity (Wildman–Crippen MR) is 93.6 cm³/mol. The van der Waals surface area contributed by atoms with Gasteiger partial charge in [0.25, 0.3) is 0 Å². The molecule has 0 radical (unpaired) electrons. The molecule has 1 aromatic carbocycles. The van der Waals surface area contributed by atoms with Crippen LogP contribution in [0.15, 0.2) is 18.2 Å². The molecular weight excluding hydrogens is 290 g/mol. The van der Waals surface area contributed by atoms with E-state index in [0.29, 0.717) is 6.61 Å². The molecule has 5 heteroatoms. The van der Waals surface area contributed by atoms with E-state index in [9.17, 15) is 4.79 Å². The molecule has 1 amide bonds. The number of aryl methyl sites for hydroxylation is 1. The highest BCUT2D eigenvalue weighted by Gasteiger charge is 2.39. The quantitative estimate of drug-likeness (QED) is 0.842. The first-order chi connectivity index (χ1) is 11.0. The highest BCUT2D eigenvalue weighted by molar-refractivity contribution is 5.96. The van der Waals surface area contributed by atoms with Gasteiger partial charge >= 0.3 is 0 Å². The Hall–Kier alpha value is -1.43. The van der Waals surface area contributed by atoms with Crippen LogP contribution >= 0.6 is 0 Å². The molecule has 5 nitrogen and oxygen atoms in total. The summed E-state index contributed by atoms with van der Waals surface area (Å²) in [5.41, 5.74) is 2.76. The average Bonchev–Trinajstić information content (AvgIpc) is 2.51. The summed E-state index contributed by atoms with van der Waals surface area (Å²) < 4.78 is 5.35. The van der Waals surface area contributed by atoms with Gasteiger partial charge < -0.3 is 20.3 Å². The molecular formula is C18H29N3O2. The number of hydrogen-bond donors (Lipinski definition) is 2. The van der Waals surface area contributed by atoms with E-state index < -0.39 is 5.41 Å². The van der Waals surface area contributed by atoms with Gasteiger partial charge in [0.05, 0.1) is 12.0 Å². The predicted octanol–water partition coefficient (Wildman–Crippen LogP) is 2.01. The Labute approximate surface area is 139 Å². The van der Waals surface area contributed by atoms with Gasteiger partial charge in [-0.2, -0.15) is 0 Å². The molecule has 2 N–H and O–H groups in total. The second-order valence-corrected chi connectivity index (χ2v) is 6.80. The Morgan fingerprint density at radius 3 is 2.65 bits per heavy atom. The van der Waals surface area contributed by atoms with E-state index in [1.807, 2.05) is 21.0 Å². The van der Waals surface area contributed by atoms with Gasteiger partial charge in [0, 0.05) is 19.3 Å². The number of nitrogens with zero attached hydrogens (tertiary/aromatic N) is 1. The summed E-state index contributed by atoms with van der Waals surface area (Å²) in [5, 5.41) is 6.47. The van der Waals surface area contributed by atoms with Gasteiger partial charge in [-0.15, -0.1) is 0 Å². The molecule has 0 aliphatic carbocycles. The van der Waals surface area contributed by atoms with Crippen LogP contribution in [0, 0.1) is 12.3 Å². The van der Waals surface area contributed by atoms with E-state index in [1.54, 1.807) is 7.11 Å². The number of piperidine rings is 1. The summed E-state index contributed by atoms with van der Waals surface area (Å²) in [7, 11) is 5.75. The number of anilines is 1. The van der Waals surface area contributed by atoms with Gasteiger partial charge in [-0.3, -0.25) is 4.79 Å². The van der Waals surface area contributed by atoms with Crippen molar-refractivity contribution in [1.82, 2.24) is 10.2 Å². The molecule has 1 aliphatic rings. The van der Waals surface area contributed by atoms with Crippen LogP contribution in [-0.4, -0.2) is 51.7 Å². The Morgan fingerprint density at radius 1 is 1.35 bits per heavy atom. The van der Waals surface area contributed by atoms with Crippen molar-refractivity contribution < 1.29 is 9.53 Å². The van der Waals surface area contributed by atoms with E-state index >= 15 is 0 Å². The summed E-state index contributed by atoms with van der Waals surface area (Å²) in [6, 6.07) is 6.26. The highest BCUT2D eigenvalue weighted by Crippen LogP contribution is 2.31. The van der Waals surface area contributed by atoms with E-state index in [2.05, 4.69) is 33.7 Å². The van der Waals surface area contributed by atoms with Crippen molar-refractivity contribution >= 4 is 11.6 Å². The standard InChI is InChI=1S/C18H29N3O2/c1-14-5-6-15(12-21(2)3)11-16(14)20-17(22)18(13-23-4)7-9-19-10-8-18/h5-6,11,19H,7-10,12-13H2,1-4H3,(H,20,22). The molecule has 0 bridgehead atoms. The third-order valence-electron chi connectivity index (χ3n) is 4.51. The molecule has 0 atom stereocenters. The van der Waals surface area contributed by atoms with Crippen molar-refractivity contribution in [2.45, 2.75) is 26.3 Å². The highest BCUT2D eigenvalue weighted by atomic mass is 16.5. The minimum atomic E-state index is -0.427. The molecule has 0 spiro atoms. The lowest BCUT2D eigenvalue weighted by atomic mass is 9.78. The number of hydrogen-bond acceptors (Lipinski definition) is 4. The van der Waals surface area contributed by atoms with Crippen LogP contribution in [-0.2, 0) is 16.1 Å². The molecule has 23 heavy (non-hydrogen) atoms. The second-order valence-electron chi connectivity index (χ2n) is 6.80. The van der Waals surface area contributed by atoms with E-state index in [4.69, 9.17) is 4.74 Å². The SMILES string of the molecule is COCC1(C(=O)Nc2cc(CN(C)C)ccc2C)CCNCC1. The molecule has 1 saturated heterocycles. The van der Waals surface area contributed by atoms with Gasteiger partial charge in [-0.25, -0.2) is 0 Å². The third kappa shape index (κ3) is 4.53. The Balaban J connectivity index is 2.17. The molecule has 1 aromatic rings. The van der Waals surface area contributed by atoms with E-state index in [0.717, 1.165) is 43.7 Å². The van der Waals surface area contributed by atoms with Gasteiger partial charge in [0.2, 0.25) is 5.91 Å². The maximum Gasteiger partial charge on any atom is 0.233 e. The van der Waals surface area contributed by atoms with E-state index in [1.165, 1.54) is 5.56 Å². The maximum atomic E-state index is 12.9. The molecule has 2 rings (SSSR count). The Morgan fingerprint density at radius 2 is 2.04 bits per heavy atom. The van der Waals surface area contributed by atoms with E-state index in [-0.39, 0.29) is 5.91 Å². The fourth-order valence-electron chi connectivity index (χ4n) is 3.14. The van der Waals surface area contributed by atoms with Crippen LogP contribution in [0.4, 0.5) is 5.69 Å². The molecule has 1 heterocycles. The minimum Gasteiger partial charge on any atom is -0.384 e. The second kappa shape index (κ2) is 7.90. The number of carbonyl (C=O) groups excluding carboxylic acids is 1. The Bertz CT molecular complexity index is 532. The van der Waals surface area contributed by atoms with Crippen LogP contribution in [0.5, 0.6) is 0 Å². The topological polar surface area (TPSA) is 53.6 Å². The summed E-state index contributed by atoms with van der Waals surface area (Å²) >= 11 is 0. The molecule has 1 aliphatic heterocycles. The summed E-state index contributed by atoms with van der Waals surface area (Å²) in [6.07, 6.45) is 1.62. The van der Waals surface area contributed by atoms with Gasteiger partial charge in [0.1, 0.15) is 0 Å². The molecule has 0 aromatic heterocycles. The van der Waals surface area contributed by atoms with Crippen molar-refractivity contribution in [3.63, 3.8) is 0 Å². The number of carbonyl (C=O) groups is 1. The number of nitrogens with one attached hydrogen (secondary N) is 2. The van der Waals surface area contributed by atoms with Crippen LogP contribution in [0.2, 0.25) is 0 Å². The first-order valence-electron chi connectivity index (χ1n) is 8.22. The smallest absolute Gasteiger partial charge is 0.233 e. The third-order valence-corrected chi connectivity index (χ3v) is 4.51. The monoisotopic (exact) mass is 319 g/mol. The maximum absolute atomic E-state index is 12.9. The number of methoxy groups -OCH3 is 1. The van der Waals surface area contributed by atoms with Crippen molar-refractivity contribution in [3.8, 4) is 0 Å². The zero-order valence-electron chi connectivity index (χ0n) is 14.7. The fourth-order valence-corrected chi connectivity index (χ4v) is 3.14. The Kier molecular flexibility index (Phi) is 6.16. The largest absolute Gasteiger partial charge is 0.384 e. The zero-order chi connectivity index (χ0) is 16.9. The van der Waals surface area contributed by atoms with Gasteiger partial charge in [0.15, 0.2) is 0 Å². The first kappa shape index (κ1) is 17.9. The normalized spacial score (nSPS) is 17.3. The van der Waals surface area contributed by atoms with Crippen LogP contribution in [0.25, 0.3) is 0 Å². The summed E-state index contributed by atoms with van der Waals surface area (Å²) in [5.74, 6) is 0.0750. The average molecular weight is 319 g/mol. The fraction of sp³-hybridized carbons (Fsp3) is 0.611. The minimum absolute atomic E-state index is 0.0750. The van der Waals surface area contributed by atoms with Gasteiger partial charge in [-0.1, -0.05) is 12.1 Å². The number of benzene rings is 1. The lowest BCUT2D eigenvalue weighted by Crippen LogP contribution is -2.47. The lowest BCUT2D eigenvalue weighted by Gasteiger charge is -2.35. The lowest BCUT2D eigenvalue weighted by molar-refractivity contribution is -0.130. The summed E-state index contributed by atoms with van der Waals surface area (Å²) in [4.78, 5) is 15.1. The number of amides is 1. The van der Waals surface area contributed by atoms with Crippen molar-refractivity contribution in [1.29, 1.82) is 0 Å². The van der Waals surface area contributed by atoms with Gasteiger partial charge in [-0.05, 0) is 64.1 Å². The van der Waals surface area contributed by atoms with Crippen molar-refractivity contribution in [2.24, 2.45) is 5.41 Å². The number of rotatable bonds is 6. The van der Waals surface area contributed by atoms with Crippen LogP contribution in [0.3, 0.4) is 0 Å². The van der Waals surface area contributed by atoms with Crippen LogP contribution < -0.4 is 10.6 Å². The van der Waals surface area contributed by atoms with Crippen LogP contribution in [0.1, 0.15) is 24.0 Å². The molecule has 1 fully saturated rings. The zero-order valence-corrected chi connectivity index (χ0v) is 14.7. The van der Waals surface area contributed by atoms with Crippen molar-refractivity contribution in [3.05, 3.63) is 29.3 Å². The first-order valence-corrected chi connectivity index (χ1v) is 8.22. The van der Waals surface area contributed by atoms with Crippen molar-refractivity contribution in [2.75, 3.05) is 46.2 Å². The summed E-state index contributed by atoms with van der Waals surface area (Å²) in [6.45, 7) is 5.07. The molecule has 0 unspecified atom stereocenters. The molecule has 128 valence electrons.